The van der Waals surface area contributed by atoms with Crippen molar-refractivity contribution in [2.24, 2.45) is 0 Å². The van der Waals surface area contributed by atoms with Crippen LogP contribution in [0.5, 0.6) is 0 Å². The summed E-state index contributed by atoms with van der Waals surface area (Å²) in [7, 11) is 0. The third-order valence-electron chi connectivity index (χ3n) is 3.25. The highest BCUT2D eigenvalue weighted by atomic mass is 16.5. The third kappa shape index (κ3) is 5.35. The number of amides is 3. The molecular formula is C18H19N3O4. The molecule has 0 fully saturated rings. The first-order valence-corrected chi connectivity index (χ1v) is 7.71. The minimum Gasteiger partial charge on any atom is -0.450 e. The molecule has 0 heterocycles. The van der Waals surface area contributed by atoms with Gasteiger partial charge in [0.1, 0.15) is 0 Å². The van der Waals surface area contributed by atoms with Gasteiger partial charge in [0.25, 0.3) is 11.8 Å². The molecule has 2 aromatic rings. The van der Waals surface area contributed by atoms with E-state index in [1.807, 2.05) is 6.92 Å². The number of rotatable bonds is 4. The van der Waals surface area contributed by atoms with Crippen molar-refractivity contribution in [3.05, 3.63) is 65.2 Å². The first-order valence-electron chi connectivity index (χ1n) is 7.71. The maximum absolute atomic E-state index is 12.1. The fraction of sp³-hybridized carbons (Fsp3) is 0.167. The Morgan fingerprint density at radius 1 is 0.920 bits per heavy atom. The van der Waals surface area contributed by atoms with E-state index in [1.54, 1.807) is 49.4 Å². The summed E-state index contributed by atoms with van der Waals surface area (Å²) in [6.07, 6.45) is -0.604. The highest BCUT2D eigenvalue weighted by Crippen LogP contribution is 2.11. The fourth-order valence-corrected chi connectivity index (χ4v) is 1.99. The van der Waals surface area contributed by atoms with Crippen molar-refractivity contribution in [3.63, 3.8) is 0 Å². The minimum absolute atomic E-state index is 0.247. The van der Waals surface area contributed by atoms with Gasteiger partial charge in [0.05, 0.1) is 6.61 Å². The minimum atomic E-state index is -0.604. The van der Waals surface area contributed by atoms with Crippen molar-refractivity contribution in [1.82, 2.24) is 10.9 Å². The van der Waals surface area contributed by atoms with Crippen LogP contribution >= 0.6 is 0 Å². The van der Waals surface area contributed by atoms with Gasteiger partial charge in [-0.15, -0.1) is 0 Å². The van der Waals surface area contributed by atoms with Gasteiger partial charge in [-0.1, -0.05) is 23.8 Å². The van der Waals surface area contributed by atoms with Crippen LogP contribution in [-0.4, -0.2) is 24.5 Å². The van der Waals surface area contributed by atoms with Gasteiger partial charge in [0.15, 0.2) is 0 Å². The van der Waals surface area contributed by atoms with Gasteiger partial charge in [-0.2, -0.15) is 0 Å². The molecule has 0 radical (unpaired) electrons. The molecule has 3 N–H and O–H groups in total. The predicted molar refractivity (Wildman–Crippen MR) is 93.2 cm³/mol. The Balaban J connectivity index is 1.95. The number of ether oxygens (including phenoxy) is 1. The van der Waals surface area contributed by atoms with Crippen molar-refractivity contribution in [2.75, 3.05) is 11.9 Å². The Hall–Kier alpha value is -3.35. The lowest BCUT2D eigenvalue weighted by Gasteiger charge is -2.09. The van der Waals surface area contributed by atoms with Crippen LogP contribution in [0, 0.1) is 6.92 Å². The number of hydrogen-bond donors (Lipinski definition) is 3. The lowest BCUT2D eigenvalue weighted by atomic mass is 10.1. The summed E-state index contributed by atoms with van der Waals surface area (Å²) >= 11 is 0. The molecule has 0 atom stereocenters. The number of carbonyl (C=O) groups excluding carboxylic acids is 3. The zero-order valence-corrected chi connectivity index (χ0v) is 14.0. The molecule has 130 valence electrons. The van der Waals surface area contributed by atoms with E-state index >= 15 is 0 Å². The van der Waals surface area contributed by atoms with Crippen molar-refractivity contribution < 1.29 is 19.1 Å². The van der Waals surface area contributed by atoms with Crippen LogP contribution in [-0.2, 0) is 4.74 Å². The van der Waals surface area contributed by atoms with Crippen molar-refractivity contribution in [1.29, 1.82) is 0 Å². The van der Waals surface area contributed by atoms with Gasteiger partial charge < -0.3 is 4.74 Å². The Morgan fingerprint density at radius 3 is 2.20 bits per heavy atom. The molecule has 0 aromatic heterocycles. The molecule has 0 aliphatic heterocycles. The van der Waals surface area contributed by atoms with Crippen LogP contribution in [0.3, 0.4) is 0 Å². The third-order valence-corrected chi connectivity index (χ3v) is 3.25. The summed E-state index contributed by atoms with van der Waals surface area (Å²) < 4.78 is 4.77. The van der Waals surface area contributed by atoms with E-state index in [0.717, 1.165) is 5.56 Å². The summed E-state index contributed by atoms with van der Waals surface area (Å²) in [5.41, 5.74) is 6.84. The normalized spacial score (nSPS) is 9.84. The molecule has 0 saturated carbocycles. The second-order valence-corrected chi connectivity index (χ2v) is 5.20. The number of anilines is 1. The van der Waals surface area contributed by atoms with Crippen molar-refractivity contribution in [2.45, 2.75) is 13.8 Å². The fourth-order valence-electron chi connectivity index (χ4n) is 1.99. The number of nitrogens with one attached hydrogen (secondary N) is 3. The van der Waals surface area contributed by atoms with E-state index < -0.39 is 17.9 Å². The second-order valence-electron chi connectivity index (χ2n) is 5.20. The second kappa shape index (κ2) is 8.49. The molecule has 2 rings (SSSR count). The van der Waals surface area contributed by atoms with Gasteiger partial charge in [-0.05, 0) is 44.2 Å². The predicted octanol–water partition coefficient (Wildman–Crippen LogP) is 2.64. The Labute approximate surface area is 145 Å². The zero-order valence-electron chi connectivity index (χ0n) is 14.0. The maximum Gasteiger partial charge on any atom is 0.411 e. The summed E-state index contributed by atoms with van der Waals surface area (Å²) in [5, 5.41) is 2.51. The Morgan fingerprint density at radius 2 is 1.56 bits per heavy atom. The molecule has 0 bridgehead atoms. The van der Waals surface area contributed by atoms with Gasteiger partial charge in [-0.25, -0.2) is 4.79 Å². The number of benzene rings is 2. The SMILES string of the molecule is CCOC(=O)Nc1cccc(C(=O)NNC(=O)c2ccc(C)cc2)c1. The van der Waals surface area contributed by atoms with E-state index in [1.165, 1.54) is 6.07 Å². The maximum atomic E-state index is 12.1. The topological polar surface area (TPSA) is 96.5 Å². The molecule has 7 nitrogen and oxygen atoms in total. The monoisotopic (exact) mass is 341 g/mol. The van der Waals surface area contributed by atoms with E-state index in [2.05, 4.69) is 16.2 Å². The Bertz CT molecular complexity index is 772. The molecular weight excluding hydrogens is 322 g/mol. The van der Waals surface area contributed by atoms with Gasteiger partial charge in [0, 0.05) is 16.8 Å². The van der Waals surface area contributed by atoms with Crippen LogP contribution in [0.1, 0.15) is 33.2 Å². The quantitative estimate of drug-likeness (QED) is 0.745. The number of hydrazine groups is 1. The molecule has 0 unspecified atom stereocenters. The lowest BCUT2D eigenvalue weighted by Crippen LogP contribution is -2.41. The van der Waals surface area contributed by atoms with E-state index in [0.29, 0.717) is 11.3 Å². The summed E-state index contributed by atoms with van der Waals surface area (Å²) in [5.74, 6) is -0.929. The van der Waals surface area contributed by atoms with E-state index in [9.17, 15) is 14.4 Å². The highest BCUT2D eigenvalue weighted by molar-refractivity contribution is 5.99. The van der Waals surface area contributed by atoms with Crippen molar-refractivity contribution in [3.8, 4) is 0 Å². The van der Waals surface area contributed by atoms with Gasteiger partial charge in [-0.3, -0.25) is 25.8 Å². The number of hydrogen-bond acceptors (Lipinski definition) is 4. The van der Waals surface area contributed by atoms with E-state index in [-0.39, 0.29) is 12.2 Å². The largest absolute Gasteiger partial charge is 0.450 e. The molecule has 25 heavy (non-hydrogen) atoms. The lowest BCUT2D eigenvalue weighted by molar-refractivity contribution is 0.0846. The summed E-state index contributed by atoms with van der Waals surface area (Å²) in [4.78, 5) is 35.5. The average Bonchev–Trinajstić information content (AvgIpc) is 2.60. The van der Waals surface area contributed by atoms with Crippen molar-refractivity contribution >= 4 is 23.6 Å². The Kier molecular flexibility index (Phi) is 6.11. The zero-order chi connectivity index (χ0) is 18.2. The first kappa shape index (κ1) is 18.0. The first-order chi connectivity index (χ1) is 12.0. The van der Waals surface area contributed by atoms with Crippen LogP contribution in [0.2, 0.25) is 0 Å². The standard InChI is InChI=1S/C18H19N3O4/c1-3-25-18(24)19-15-6-4-5-14(11-15)17(23)21-20-16(22)13-9-7-12(2)8-10-13/h4-11H,3H2,1-2H3,(H,19,24)(H,20,22)(H,21,23). The number of aryl methyl sites for hydroxylation is 1. The molecule has 0 aliphatic rings. The molecule has 0 spiro atoms. The summed E-state index contributed by atoms with van der Waals surface area (Å²) in [6.45, 7) is 3.86. The van der Waals surface area contributed by atoms with Gasteiger partial charge >= 0.3 is 6.09 Å². The number of carbonyl (C=O) groups is 3. The molecule has 0 aliphatic carbocycles. The molecule has 2 aromatic carbocycles. The van der Waals surface area contributed by atoms with Crippen LogP contribution in [0.15, 0.2) is 48.5 Å². The summed E-state index contributed by atoms with van der Waals surface area (Å²) in [6, 6.07) is 13.2. The molecule has 7 heteroatoms. The van der Waals surface area contributed by atoms with E-state index in [4.69, 9.17) is 4.74 Å². The van der Waals surface area contributed by atoms with Crippen LogP contribution in [0.4, 0.5) is 10.5 Å². The van der Waals surface area contributed by atoms with Crippen LogP contribution in [0.25, 0.3) is 0 Å². The average molecular weight is 341 g/mol. The van der Waals surface area contributed by atoms with Crippen LogP contribution < -0.4 is 16.2 Å². The highest BCUT2D eigenvalue weighted by Gasteiger charge is 2.10. The smallest absolute Gasteiger partial charge is 0.411 e. The van der Waals surface area contributed by atoms with Gasteiger partial charge in [0.2, 0.25) is 0 Å². The molecule has 3 amide bonds. The molecule has 0 saturated heterocycles.